The van der Waals surface area contributed by atoms with Crippen molar-refractivity contribution in [3.05, 3.63) is 59.2 Å². The minimum atomic E-state index is -3.54. The van der Waals surface area contributed by atoms with Crippen LogP contribution in [-0.4, -0.2) is 41.3 Å². The Balaban J connectivity index is 1.85. The van der Waals surface area contributed by atoms with Gasteiger partial charge in [-0.25, -0.2) is 4.99 Å². The third kappa shape index (κ3) is 3.92. The number of halogens is 2. The normalized spacial score (nSPS) is 17.7. The maximum Gasteiger partial charge on any atom is 0.324 e. The Morgan fingerprint density at radius 1 is 1.20 bits per heavy atom. The largest absolute Gasteiger partial charge is 0.497 e. The average molecular weight is 410 g/mol. The summed E-state index contributed by atoms with van der Waals surface area (Å²) in [5.74, 6) is -3.77. The fourth-order valence-corrected chi connectivity index (χ4v) is 3.44. The summed E-state index contributed by atoms with van der Waals surface area (Å²) in [7, 11) is 1.56. The number of aliphatic imine (C=N–C) groups is 1. The molecule has 2 aromatic rings. The highest BCUT2D eigenvalue weighted by Crippen LogP contribution is 2.41. The van der Waals surface area contributed by atoms with Crippen molar-refractivity contribution in [3.63, 3.8) is 0 Å². The summed E-state index contributed by atoms with van der Waals surface area (Å²) in [6, 6.07) is 13.2. The van der Waals surface area contributed by atoms with E-state index in [0.717, 1.165) is 11.3 Å². The van der Waals surface area contributed by atoms with Gasteiger partial charge < -0.3 is 4.74 Å². The number of alkyl halides is 2. The van der Waals surface area contributed by atoms with E-state index in [4.69, 9.17) is 4.74 Å². The Morgan fingerprint density at radius 2 is 1.90 bits per heavy atom. The van der Waals surface area contributed by atoms with E-state index in [9.17, 15) is 13.6 Å². The molecule has 0 aromatic heterocycles. The van der Waals surface area contributed by atoms with Crippen molar-refractivity contribution < 1.29 is 23.0 Å². The first-order chi connectivity index (χ1) is 14.3. The molecule has 1 aliphatic heterocycles. The van der Waals surface area contributed by atoms with Gasteiger partial charge in [0.2, 0.25) is 5.69 Å². The Bertz CT molecular complexity index is 1090. The van der Waals surface area contributed by atoms with Gasteiger partial charge in [-0.1, -0.05) is 6.07 Å². The molecule has 2 aromatic carbocycles. The van der Waals surface area contributed by atoms with Crippen LogP contribution < -0.4 is 4.74 Å². The second-order valence-corrected chi connectivity index (χ2v) is 7.62. The zero-order valence-corrected chi connectivity index (χ0v) is 17.0. The molecule has 0 saturated heterocycles. The van der Waals surface area contributed by atoms with Crippen LogP contribution in [0.2, 0.25) is 0 Å². The maximum absolute atomic E-state index is 13.5. The molecule has 0 radical (unpaired) electrons. The minimum Gasteiger partial charge on any atom is -0.497 e. The lowest BCUT2D eigenvalue weighted by atomic mass is 10.0. The summed E-state index contributed by atoms with van der Waals surface area (Å²) >= 11 is 0. The van der Waals surface area contributed by atoms with E-state index in [1.807, 2.05) is 6.07 Å². The Kier molecular flexibility index (Phi) is 5.05. The molecule has 0 bridgehead atoms. The summed E-state index contributed by atoms with van der Waals surface area (Å²) in [6.45, 7) is 2.08. The van der Waals surface area contributed by atoms with Crippen molar-refractivity contribution in [2.75, 3.05) is 7.11 Å². The highest BCUT2D eigenvalue weighted by Gasteiger charge is 2.35. The molecule has 1 saturated carbocycles. The van der Waals surface area contributed by atoms with E-state index in [1.165, 1.54) is 25.3 Å². The molecule has 1 aliphatic carbocycles. The predicted molar refractivity (Wildman–Crippen MR) is 112 cm³/mol. The Morgan fingerprint density at radius 3 is 2.50 bits per heavy atom. The number of hydrazone groups is 1. The predicted octanol–water partition coefficient (Wildman–Crippen LogP) is 4.70. The van der Waals surface area contributed by atoms with Crippen molar-refractivity contribution in [1.82, 2.24) is 0 Å². The summed E-state index contributed by atoms with van der Waals surface area (Å²) in [5, 5.41) is 4.49. The lowest BCUT2D eigenvalue weighted by molar-refractivity contribution is -0.438. The fraction of sp³-hybridized carbons (Fsp3) is 0.304. The molecule has 4 rings (SSSR count). The van der Waals surface area contributed by atoms with Crippen molar-refractivity contribution in [3.8, 4) is 5.75 Å². The summed E-state index contributed by atoms with van der Waals surface area (Å²) in [4.78, 5) is 15.6. The number of nitrogens with zero attached hydrogens (tertiary/aromatic N) is 3. The molecular formula is C23H22F2N3O2+. The number of carbonyl (C=O) groups is 1. The molecule has 7 heteroatoms. The van der Waals surface area contributed by atoms with Crippen molar-refractivity contribution in [2.45, 2.75) is 38.5 Å². The van der Waals surface area contributed by atoms with Gasteiger partial charge in [-0.15, -0.1) is 0 Å². The van der Waals surface area contributed by atoms with E-state index in [2.05, 4.69) is 22.2 Å². The maximum atomic E-state index is 13.5. The zero-order chi connectivity index (χ0) is 21.5. The molecule has 154 valence electrons. The van der Waals surface area contributed by atoms with E-state index < -0.39 is 11.8 Å². The Hall–Kier alpha value is -3.22. The van der Waals surface area contributed by atoms with Crippen LogP contribution in [0.25, 0.3) is 0 Å². The highest BCUT2D eigenvalue weighted by molar-refractivity contribution is 6.47. The van der Waals surface area contributed by atoms with Gasteiger partial charge in [-0.05, 0) is 71.4 Å². The van der Waals surface area contributed by atoms with Crippen LogP contribution in [0.4, 0.5) is 14.5 Å². The van der Waals surface area contributed by atoms with Gasteiger partial charge in [0.25, 0.3) is 5.71 Å². The molecular weight excluding hydrogens is 388 g/mol. The van der Waals surface area contributed by atoms with Gasteiger partial charge in [0.05, 0.1) is 18.2 Å². The third-order valence-corrected chi connectivity index (χ3v) is 5.20. The lowest BCUT2D eigenvalue weighted by Gasteiger charge is -2.08. The number of hydrogen-bond acceptors (Lipinski definition) is 3. The quantitative estimate of drug-likeness (QED) is 0.530. The molecule has 0 unspecified atom stereocenters. The molecule has 2 aliphatic rings. The van der Waals surface area contributed by atoms with Crippen molar-refractivity contribution in [1.29, 1.82) is 0 Å². The summed E-state index contributed by atoms with van der Waals surface area (Å²) in [5.41, 5.74) is 4.34. The molecule has 0 spiro atoms. The molecule has 0 atom stereocenters. The first-order valence-electron chi connectivity index (χ1n) is 9.75. The van der Waals surface area contributed by atoms with Crippen LogP contribution in [0.5, 0.6) is 5.75 Å². The highest BCUT2D eigenvalue weighted by atomic mass is 19.3. The molecule has 1 heterocycles. The summed E-state index contributed by atoms with van der Waals surface area (Å²) < 4.78 is 33.8. The first kappa shape index (κ1) is 20.1. The second kappa shape index (κ2) is 7.55. The van der Waals surface area contributed by atoms with Gasteiger partial charge in [0.15, 0.2) is 0 Å². The second-order valence-electron chi connectivity index (χ2n) is 7.62. The number of methoxy groups -OCH3 is 1. The van der Waals surface area contributed by atoms with Gasteiger partial charge in [-0.2, -0.15) is 8.78 Å². The monoisotopic (exact) mass is 410 g/mol. The van der Waals surface area contributed by atoms with Crippen LogP contribution in [0.15, 0.2) is 52.6 Å². The van der Waals surface area contributed by atoms with Gasteiger partial charge in [0, 0.05) is 13.0 Å². The lowest BCUT2D eigenvalue weighted by Crippen LogP contribution is -2.27. The number of fused-ring (bicyclic) bond motifs is 1. The number of carbonyl (C=O) groups excluding carboxylic acids is 1. The molecule has 30 heavy (non-hydrogen) atoms. The smallest absolute Gasteiger partial charge is 0.324 e. The third-order valence-electron chi connectivity index (χ3n) is 5.20. The van der Waals surface area contributed by atoms with Crippen LogP contribution in [-0.2, 0) is 4.79 Å². The number of rotatable bonds is 5. The van der Waals surface area contributed by atoms with Crippen molar-refractivity contribution in [2.24, 2.45) is 10.1 Å². The van der Waals surface area contributed by atoms with Crippen LogP contribution >= 0.6 is 0 Å². The molecule has 1 amide bonds. The number of ether oxygens (including phenoxy) is 1. The molecule has 1 fully saturated rings. The SMILES string of the molecule is COc1ccc(/C(C(C)=NC(=O)C(C)(F)F)=[N+]2/N=Cc3cc(C4CC4)ccc32)cc1. The van der Waals surface area contributed by atoms with Crippen molar-refractivity contribution >= 4 is 29.2 Å². The standard InChI is InChI=1S/C23H22F2N3O2/c1-14(27-22(29)23(2,24)25)21(16-6-9-19(30-3)10-7-16)28-20-11-8-17(15-4-5-15)12-18(20)13-26-28/h6-13,15H,4-5H2,1-3H3/q+1/b27-14?,28-21+. The first-order valence-corrected chi connectivity index (χ1v) is 9.75. The summed E-state index contributed by atoms with van der Waals surface area (Å²) in [6.07, 6.45) is 4.14. The number of amides is 1. The van der Waals surface area contributed by atoms with Crippen LogP contribution in [0.3, 0.4) is 0 Å². The van der Waals surface area contributed by atoms with E-state index in [-0.39, 0.29) is 5.71 Å². The van der Waals surface area contributed by atoms with Crippen LogP contribution in [0, 0.1) is 0 Å². The van der Waals surface area contributed by atoms with Gasteiger partial charge in [0.1, 0.15) is 17.7 Å². The molecule has 0 N–H and O–H groups in total. The topological polar surface area (TPSA) is 54.0 Å². The fourth-order valence-electron chi connectivity index (χ4n) is 3.44. The van der Waals surface area contributed by atoms with Crippen LogP contribution in [0.1, 0.15) is 49.3 Å². The van der Waals surface area contributed by atoms with E-state index in [1.54, 1.807) is 42.3 Å². The molecule has 5 nitrogen and oxygen atoms in total. The van der Waals surface area contributed by atoms with E-state index in [0.29, 0.717) is 29.9 Å². The number of benzene rings is 2. The Labute approximate surface area is 173 Å². The van der Waals surface area contributed by atoms with E-state index >= 15 is 0 Å². The minimum absolute atomic E-state index is 0.156. The van der Waals surface area contributed by atoms with Gasteiger partial charge in [-0.3, -0.25) is 4.79 Å². The number of hydrogen-bond donors (Lipinski definition) is 0. The van der Waals surface area contributed by atoms with Gasteiger partial charge >= 0.3 is 11.8 Å². The average Bonchev–Trinajstić information content (AvgIpc) is 3.49. The zero-order valence-electron chi connectivity index (χ0n) is 17.0.